The second-order valence-corrected chi connectivity index (χ2v) is 9.74. The van der Waals surface area contributed by atoms with Gasteiger partial charge in [-0.15, -0.1) is 0 Å². The Hall–Kier alpha value is -3.16. The van der Waals surface area contributed by atoms with Crippen LogP contribution < -0.4 is 10.1 Å². The summed E-state index contributed by atoms with van der Waals surface area (Å²) in [7, 11) is -0.969. The average molecular weight is 453 g/mol. The second kappa shape index (κ2) is 9.97. The van der Waals surface area contributed by atoms with Crippen molar-refractivity contribution in [1.29, 1.82) is 0 Å². The summed E-state index contributed by atoms with van der Waals surface area (Å²) in [5, 5.41) is 2.87. The van der Waals surface area contributed by atoms with Crippen LogP contribution in [0, 0.1) is 13.8 Å². The zero-order chi connectivity index (χ0) is 23.3. The van der Waals surface area contributed by atoms with Crippen molar-refractivity contribution in [2.24, 2.45) is 0 Å². The molecule has 32 heavy (non-hydrogen) atoms. The number of rotatable bonds is 8. The quantitative estimate of drug-likeness (QED) is 0.559. The minimum Gasteiger partial charge on any atom is -0.495 e. The lowest BCUT2D eigenvalue weighted by Crippen LogP contribution is -2.28. The Labute approximate surface area is 189 Å². The lowest BCUT2D eigenvalue weighted by atomic mass is 10.1. The zero-order valence-electron chi connectivity index (χ0n) is 18.8. The molecule has 0 heterocycles. The minimum atomic E-state index is -3.89. The van der Waals surface area contributed by atoms with Gasteiger partial charge in [0.1, 0.15) is 10.6 Å². The molecule has 1 amide bonds. The van der Waals surface area contributed by atoms with Gasteiger partial charge in [0.15, 0.2) is 0 Å². The highest BCUT2D eigenvalue weighted by molar-refractivity contribution is 7.89. The lowest BCUT2D eigenvalue weighted by molar-refractivity contribution is 0.0950. The smallest absolute Gasteiger partial charge is 0.251 e. The maximum atomic E-state index is 13.3. The van der Waals surface area contributed by atoms with Crippen molar-refractivity contribution >= 4 is 15.9 Å². The molecule has 0 aliphatic heterocycles. The maximum Gasteiger partial charge on any atom is 0.251 e. The van der Waals surface area contributed by atoms with Crippen molar-refractivity contribution in [1.82, 2.24) is 9.62 Å². The first-order valence-electron chi connectivity index (χ1n) is 10.2. The van der Waals surface area contributed by atoms with Crippen LogP contribution in [0.5, 0.6) is 5.75 Å². The molecule has 0 atom stereocenters. The number of aryl methyl sites for hydroxylation is 2. The third-order valence-corrected chi connectivity index (χ3v) is 7.12. The topological polar surface area (TPSA) is 75.7 Å². The van der Waals surface area contributed by atoms with Crippen LogP contribution in [0.3, 0.4) is 0 Å². The highest BCUT2D eigenvalue weighted by Crippen LogP contribution is 2.28. The van der Waals surface area contributed by atoms with Gasteiger partial charge in [0.2, 0.25) is 10.0 Å². The Bertz CT molecular complexity index is 1210. The van der Waals surface area contributed by atoms with Crippen molar-refractivity contribution in [3.8, 4) is 5.75 Å². The summed E-state index contributed by atoms with van der Waals surface area (Å²) in [6.07, 6.45) is 0. The van der Waals surface area contributed by atoms with Crippen LogP contribution in [0.25, 0.3) is 0 Å². The van der Waals surface area contributed by atoms with Gasteiger partial charge in [-0.1, -0.05) is 54.1 Å². The highest BCUT2D eigenvalue weighted by atomic mass is 32.2. The number of ether oxygens (including phenoxy) is 1. The molecule has 0 aliphatic carbocycles. The van der Waals surface area contributed by atoms with Crippen LogP contribution in [0.1, 0.15) is 32.6 Å². The van der Waals surface area contributed by atoms with E-state index in [2.05, 4.69) is 11.4 Å². The fraction of sp³-hybridized carbons (Fsp3) is 0.240. The summed E-state index contributed by atoms with van der Waals surface area (Å²) in [5.41, 5.74) is 4.36. The lowest BCUT2D eigenvalue weighted by Gasteiger charge is -2.19. The average Bonchev–Trinajstić information content (AvgIpc) is 2.78. The molecule has 7 heteroatoms. The summed E-state index contributed by atoms with van der Waals surface area (Å²) < 4.78 is 33.1. The molecule has 0 aliphatic rings. The highest BCUT2D eigenvalue weighted by Gasteiger charge is 2.26. The number of benzene rings is 3. The number of carbonyl (C=O) groups excluding carboxylic acids is 1. The minimum absolute atomic E-state index is 0.0439. The van der Waals surface area contributed by atoms with Gasteiger partial charge < -0.3 is 10.1 Å². The Morgan fingerprint density at radius 3 is 2.38 bits per heavy atom. The van der Waals surface area contributed by atoms with E-state index in [0.717, 1.165) is 22.3 Å². The third kappa shape index (κ3) is 5.36. The molecular weight excluding hydrogens is 424 g/mol. The molecule has 0 spiro atoms. The van der Waals surface area contributed by atoms with E-state index in [0.29, 0.717) is 6.54 Å². The fourth-order valence-corrected chi connectivity index (χ4v) is 4.77. The monoisotopic (exact) mass is 452 g/mol. The van der Waals surface area contributed by atoms with Crippen LogP contribution in [0.2, 0.25) is 0 Å². The summed E-state index contributed by atoms with van der Waals surface area (Å²) in [6, 6.07) is 19.8. The summed E-state index contributed by atoms with van der Waals surface area (Å²) in [4.78, 5) is 12.7. The van der Waals surface area contributed by atoms with E-state index in [4.69, 9.17) is 4.74 Å². The molecule has 0 saturated heterocycles. The van der Waals surface area contributed by atoms with E-state index in [1.807, 2.05) is 56.3 Å². The molecule has 0 fully saturated rings. The van der Waals surface area contributed by atoms with Crippen LogP contribution in [-0.4, -0.2) is 32.8 Å². The van der Waals surface area contributed by atoms with Crippen LogP contribution >= 0.6 is 0 Å². The Morgan fingerprint density at radius 1 is 1.00 bits per heavy atom. The first-order valence-corrected chi connectivity index (χ1v) is 11.7. The van der Waals surface area contributed by atoms with Gasteiger partial charge >= 0.3 is 0 Å². The second-order valence-electron chi connectivity index (χ2n) is 7.72. The Balaban J connectivity index is 1.83. The summed E-state index contributed by atoms with van der Waals surface area (Å²) in [6.45, 7) is 4.57. The van der Waals surface area contributed by atoms with E-state index in [-0.39, 0.29) is 28.7 Å². The van der Waals surface area contributed by atoms with Crippen LogP contribution in [0.15, 0.2) is 71.6 Å². The zero-order valence-corrected chi connectivity index (χ0v) is 19.6. The fourth-order valence-electron chi connectivity index (χ4n) is 3.43. The van der Waals surface area contributed by atoms with Gasteiger partial charge in [0, 0.05) is 25.7 Å². The predicted molar refractivity (Wildman–Crippen MR) is 125 cm³/mol. The first-order chi connectivity index (χ1) is 15.2. The molecule has 0 aromatic heterocycles. The molecule has 3 aromatic carbocycles. The standard InChI is InChI=1S/C25H28N2O4S/c1-18-10-11-22(19(2)14-18)16-26-25(28)21-12-13-23(31-4)24(15-21)32(29,30)27(3)17-20-8-6-5-7-9-20/h5-15H,16-17H2,1-4H3,(H,26,28). The first kappa shape index (κ1) is 23.5. The Kier molecular flexibility index (Phi) is 7.33. The number of carbonyl (C=O) groups is 1. The van der Waals surface area contributed by atoms with Gasteiger partial charge in [0.25, 0.3) is 5.91 Å². The van der Waals surface area contributed by atoms with E-state index in [1.165, 1.54) is 30.6 Å². The van der Waals surface area contributed by atoms with Crippen molar-refractivity contribution in [2.45, 2.75) is 31.8 Å². The number of amides is 1. The summed E-state index contributed by atoms with van der Waals surface area (Å²) >= 11 is 0. The van der Waals surface area contributed by atoms with Gasteiger partial charge in [-0.3, -0.25) is 4.79 Å². The van der Waals surface area contributed by atoms with Crippen molar-refractivity contribution in [2.75, 3.05) is 14.2 Å². The van der Waals surface area contributed by atoms with Gasteiger partial charge in [0.05, 0.1) is 7.11 Å². The van der Waals surface area contributed by atoms with Crippen LogP contribution in [0.4, 0.5) is 0 Å². The van der Waals surface area contributed by atoms with E-state index >= 15 is 0 Å². The Morgan fingerprint density at radius 2 is 1.72 bits per heavy atom. The number of hydrogen-bond acceptors (Lipinski definition) is 4. The van der Waals surface area contributed by atoms with Gasteiger partial charge in [-0.25, -0.2) is 8.42 Å². The van der Waals surface area contributed by atoms with E-state index in [9.17, 15) is 13.2 Å². The van der Waals surface area contributed by atoms with Gasteiger partial charge in [-0.2, -0.15) is 4.31 Å². The van der Waals surface area contributed by atoms with E-state index in [1.54, 1.807) is 6.07 Å². The molecule has 0 saturated carbocycles. The molecular formula is C25H28N2O4S. The number of nitrogens with one attached hydrogen (secondary N) is 1. The summed E-state index contributed by atoms with van der Waals surface area (Å²) in [5.74, 6) is -0.161. The molecule has 168 valence electrons. The van der Waals surface area contributed by atoms with Crippen LogP contribution in [-0.2, 0) is 23.1 Å². The number of methoxy groups -OCH3 is 1. The molecule has 0 unspecified atom stereocenters. The molecule has 3 rings (SSSR count). The third-order valence-electron chi connectivity index (χ3n) is 5.30. The van der Waals surface area contributed by atoms with Crippen molar-refractivity contribution in [3.63, 3.8) is 0 Å². The molecule has 6 nitrogen and oxygen atoms in total. The number of nitrogens with zero attached hydrogens (tertiary/aromatic N) is 1. The number of sulfonamides is 1. The van der Waals surface area contributed by atoms with Crippen molar-refractivity contribution in [3.05, 3.63) is 94.5 Å². The predicted octanol–water partition coefficient (Wildman–Crippen LogP) is 4.06. The molecule has 0 radical (unpaired) electrons. The SMILES string of the molecule is COc1ccc(C(=O)NCc2ccc(C)cc2C)cc1S(=O)(=O)N(C)Cc1ccccc1. The molecule has 0 bridgehead atoms. The number of hydrogen-bond donors (Lipinski definition) is 1. The normalized spacial score (nSPS) is 11.4. The van der Waals surface area contributed by atoms with E-state index < -0.39 is 10.0 Å². The molecule has 3 aromatic rings. The van der Waals surface area contributed by atoms with Crippen molar-refractivity contribution < 1.29 is 17.9 Å². The molecule has 1 N–H and O–H groups in total. The van der Waals surface area contributed by atoms with Gasteiger partial charge in [-0.05, 0) is 48.7 Å². The maximum absolute atomic E-state index is 13.3. The largest absolute Gasteiger partial charge is 0.495 e.